The highest BCUT2D eigenvalue weighted by molar-refractivity contribution is 4.67. The fourth-order valence-electron chi connectivity index (χ4n) is 2.19. The molecule has 1 atom stereocenters. The van der Waals surface area contributed by atoms with E-state index in [1.165, 1.54) is 32.2 Å². The lowest BCUT2D eigenvalue weighted by Crippen LogP contribution is -2.37. The molecule has 1 saturated heterocycles. The molecule has 1 unspecified atom stereocenters. The lowest BCUT2D eigenvalue weighted by Gasteiger charge is -2.27. The van der Waals surface area contributed by atoms with Crippen LogP contribution in [0.2, 0.25) is 0 Å². The Morgan fingerprint density at radius 3 is 2.62 bits per heavy atom. The number of hydrogen-bond donors (Lipinski definition) is 1. The third kappa shape index (κ3) is 5.83. The number of nitrogens with one attached hydrogen (secondary N) is 1. The highest BCUT2D eigenvalue weighted by Gasteiger charge is 2.10. The zero-order valence-corrected chi connectivity index (χ0v) is 11.0. The van der Waals surface area contributed by atoms with Crippen LogP contribution in [0.5, 0.6) is 0 Å². The summed E-state index contributed by atoms with van der Waals surface area (Å²) in [6, 6.07) is 0.723. The molecule has 0 aromatic rings. The predicted octanol–water partition coefficient (Wildman–Crippen LogP) is 1.88. The van der Waals surface area contributed by atoms with Gasteiger partial charge in [0.25, 0.3) is 0 Å². The van der Waals surface area contributed by atoms with Crippen LogP contribution in [0.25, 0.3) is 0 Å². The summed E-state index contributed by atoms with van der Waals surface area (Å²) in [7, 11) is 0. The van der Waals surface area contributed by atoms with Crippen LogP contribution in [0.15, 0.2) is 0 Å². The second kappa shape index (κ2) is 8.97. The van der Waals surface area contributed by atoms with Crippen molar-refractivity contribution in [2.24, 2.45) is 0 Å². The molecule has 1 N–H and O–H groups in total. The Kier molecular flexibility index (Phi) is 7.81. The van der Waals surface area contributed by atoms with E-state index in [0.717, 1.165) is 38.9 Å². The molecule has 96 valence electrons. The molecule has 0 saturated carbocycles. The molecule has 16 heavy (non-hydrogen) atoms. The Bertz CT molecular complexity index is 158. The van der Waals surface area contributed by atoms with E-state index < -0.39 is 0 Å². The van der Waals surface area contributed by atoms with Crippen molar-refractivity contribution in [1.82, 2.24) is 10.2 Å². The molecule has 0 aliphatic carbocycles. The van der Waals surface area contributed by atoms with Crippen molar-refractivity contribution in [3.05, 3.63) is 0 Å². The van der Waals surface area contributed by atoms with Crippen LogP contribution in [0.1, 0.15) is 39.5 Å². The van der Waals surface area contributed by atoms with Gasteiger partial charge in [-0.3, -0.25) is 4.90 Å². The Labute approximate surface area is 101 Å². The van der Waals surface area contributed by atoms with Gasteiger partial charge >= 0.3 is 0 Å². The van der Waals surface area contributed by atoms with Crippen LogP contribution in [-0.4, -0.2) is 50.3 Å². The number of morpholine rings is 1. The molecule has 0 spiro atoms. The van der Waals surface area contributed by atoms with E-state index in [0.29, 0.717) is 0 Å². The topological polar surface area (TPSA) is 24.5 Å². The van der Waals surface area contributed by atoms with Crippen LogP contribution >= 0.6 is 0 Å². The van der Waals surface area contributed by atoms with E-state index in [1.807, 2.05) is 0 Å². The molecule has 0 bridgehead atoms. The Morgan fingerprint density at radius 1 is 1.25 bits per heavy atom. The molecule has 1 rings (SSSR count). The molecule has 1 aliphatic heterocycles. The molecule has 1 aliphatic rings. The first-order valence-electron chi connectivity index (χ1n) is 6.90. The molecule has 3 heteroatoms. The molecular formula is C13H28N2O. The maximum absolute atomic E-state index is 5.35. The fraction of sp³-hybridized carbons (Fsp3) is 1.00. The lowest BCUT2D eigenvalue weighted by molar-refractivity contribution is 0.0368. The summed E-state index contributed by atoms with van der Waals surface area (Å²) in [5, 5.41) is 3.61. The average Bonchev–Trinajstić information content (AvgIpc) is 2.35. The molecular weight excluding hydrogens is 200 g/mol. The Balaban J connectivity index is 2.02. The highest BCUT2D eigenvalue weighted by Crippen LogP contribution is 2.05. The van der Waals surface area contributed by atoms with Gasteiger partial charge in [-0.05, 0) is 38.8 Å². The van der Waals surface area contributed by atoms with Crippen molar-refractivity contribution in [3.63, 3.8) is 0 Å². The van der Waals surface area contributed by atoms with E-state index in [1.54, 1.807) is 0 Å². The zero-order valence-electron chi connectivity index (χ0n) is 11.0. The molecule has 1 fully saturated rings. The largest absolute Gasteiger partial charge is 0.379 e. The normalized spacial score (nSPS) is 19.9. The average molecular weight is 228 g/mol. The first-order valence-corrected chi connectivity index (χ1v) is 6.90. The van der Waals surface area contributed by atoms with E-state index >= 15 is 0 Å². The number of nitrogens with zero attached hydrogens (tertiary/aromatic N) is 1. The highest BCUT2D eigenvalue weighted by atomic mass is 16.5. The third-order valence-corrected chi connectivity index (χ3v) is 3.31. The van der Waals surface area contributed by atoms with Gasteiger partial charge in [0.05, 0.1) is 13.2 Å². The van der Waals surface area contributed by atoms with Crippen LogP contribution in [0.4, 0.5) is 0 Å². The van der Waals surface area contributed by atoms with Crippen LogP contribution in [0, 0.1) is 0 Å². The van der Waals surface area contributed by atoms with Crippen molar-refractivity contribution < 1.29 is 4.74 Å². The monoisotopic (exact) mass is 228 g/mol. The van der Waals surface area contributed by atoms with Gasteiger partial charge in [0.15, 0.2) is 0 Å². The van der Waals surface area contributed by atoms with Crippen LogP contribution < -0.4 is 5.32 Å². The molecule has 3 nitrogen and oxygen atoms in total. The maximum atomic E-state index is 5.35. The van der Waals surface area contributed by atoms with E-state index in [2.05, 4.69) is 24.1 Å². The molecule has 1 heterocycles. The predicted molar refractivity (Wildman–Crippen MR) is 68.9 cm³/mol. The molecule has 0 aromatic carbocycles. The summed E-state index contributed by atoms with van der Waals surface area (Å²) in [5.74, 6) is 0. The van der Waals surface area contributed by atoms with Crippen molar-refractivity contribution >= 4 is 0 Å². The molecule has 0 radical (unpaired) electrons. The lowest BCUT2D eigenvalue weighted by atomic mass is 10.1. The summed E-state index contributed by atoms with van der Waals surface area (Å²) < 4.78 is 5.35. The van der Waals surface area contributed by atoms with Gasteiger partial charge in [0.1, 0.15) is 0 Å². The summed E-state index contributed by atoms with van der Waals surface area (Å²) in [6.07, 6.45) is 5.12. The number of hydrogen-bond acceptors (Lipinski definition) is 3. The molecule has 0 amide bonds. The van der Waals surface area contributed by atoms with Crippen molar-refractivity contribution in [2.45, 2.75) is 45.6 Å². The summed E-state index contributed by atoms with van der Waals surface area (Å²) in [6.45, 7) is 11.0. The van der Waals surface area contributed by atoms with Gasteiger partial charge in [0, 0.05) is 19.1 Å². The summed E-state index contributed by atoms with van der Waals surface area (Å²) in [5.41, 5.74) is 0. The quantitative estimate of drug-likeness (QED) is 0.686. The number of ether oxygens (including phenoxy) is 1. The van der Waals surface area contributed by atoms with E-state index in [4.69, 9.17) is 4.74 Å². The van der Waals surface area contributed by atoms with Crippen LogP contribution in [0.3, 0.4) is 0 Å². The minimum atomic E-state index is 0.723. The van der Waals surface area contributed by atoms with Gasteiger partial charge in [-0.15, -0.1) is 0 Å². The van der Waals surface area contributed by atoms with Gasteiger partial charge in [-0.2, -0.15) is 0 Å². The second-order valence-corrected chi connectivity index (χ2v) is 4.66. The fourth-order valence-corrected chi connectivity index (χ4v) is 2.19. The second-order valence-electron chi connectivity index (χ2n) is 4.66. The third-order valence-electron chi connectivity index (χ3n) is 3.31. The van der Waals surface area contributed by atoms with Crippen molar-refractivity contribution in [2.75, 3.05) is 39.4 Å². The number of rotatable bonds is 8. The Morgan fingerprint density at radius 2 is 2.00 bits per heavy atom. The smallest absolute Gasteiger partial charge is 0.0594 e. The maximum Gasteiger partial charge on any atom is 0.0594 e. The van der Waals surface area contributed by atoms with Gasteiger partial charge in [-0.25, -0.2) is 0 Å². The van der Waals surface area contributed by atoms with Crippen LogP contribution in [-0.2, 0) is 4.74 Å². The van der Waals surface area contributed by atoms with E-state index in [9.17, 15) is 0 Å². The van der Waals surface area contributed by atoms with Gasteiger partial charge < -0.3 is 10.1 Å². The minimum absolute atomic E-state index is 0.723. The first kappa shape index (κ1) is 13.9. The SMILES string of the molecule is CCCNC(CC)CCCN1CCOCC1. The van der Waals surface area contributed by atoms with Gasteiger partial charge in [0.2, 0.25) is 0 Å². The zero-order chi connectivity index (χ0) is 11.6. The minimum Gasteiger partial charge on any atom is -0.379 e. The Hall–Kier alpha value is -0.120. The summed E-state index contributed by atoms with van der Waals surface area (Å²) in [4.78, 5) is 2.52. The van der Waals surface area contributed by atoms with Crippen molar-refractivity contribution in [3.8, 4) is 0 Å². The molecule has 0 aromatic heterocycles. The summed E-state index contributed by atoms with van der Waals surface area (Å²) >= 11 is 0. The first-order chi connectivity index (χ1) is 7.86. The van der Waals surface area contributed by atoms with Crippen molar-refractivity contribution in [1.29, 1.82) is 0 Å². The standard InChI is InChI=1S/C13H28N2O/c1-3-7-14-13(4-2)6-5-8-15-9-11-16-12-10-15/h13-14H,3-12H2,1-2H3. The van der Waals surface area contributed by atoms with Gasteiger partial charge in [-0.1, -0.05) is 13.8 Å². The van der Waals surface area contributed by atoms with E-state index in [-0.39, 0.29) is 0 Å².